The molecule has 10 heavy (non-hydrogen) atoms. The molecule has 0 heterocycles. The van der Waals surface area contributed by atoms with Crippen LogP contribution < -0.4 is 0 Å². The molecule has 0 unspecified atom stereocenters. The van der Waals surface area contributed by atoms with Gasteiger partial charge in [-0.05, 0) is 5.41 Å². The van der Waals surface area contributed by atoms with E-state index in [-0.39, 0.29) is 14.9 Å². The molecule has 0 aliphatic rings. The van der Waals surface area contributed by atoms with Gasteiger partial charge in [0.25, 0.3) is 0 Å². The Hall–Kier alpha value is 0.630. The summed E-state index contributed by atoms with van der Waals surface area (Å²) in [7, 11) is 0. The average Bonchev–Trinajstić information content (AvgIpc) is 1.60. The minimum absolute atomic E-state index is 0.0941. The van der Waals surface area contributed by atoms with E-state index < -0.39 is 0 Å². The molecule has 0 aliphatic carbocycles. The van der Waals surface area contributed by atoms with Crippen molar-refractivity contribution in [3.8, 4) is 0 Å². The molecule has 3 heteroatoms. The molecule has 0 saturated heterocycles. The number of Topliss-reactive ketones (excluding diaryl/α,β-unsaturated/α-hetero) is 1. The highest BCUT2D eigenvalue weighted by atomic mass is 79.9. The number of hydrogen-bond acceptors (Lipinski definition) is 1. The van der Waals surface area contributed by atoms with Crippen molar-refractivity contribution < 1.29 is 4.79 Å². The lowest BCUT2D eigenvalue weighted by Gasteiger charge is -2.16. The maximum atomic E-state index is 11.1. The van der Waals surface area contributed by atoms with E-state index in [9.17, 15) is 4.79 Å². The van der Waals surface area contributed by atoms with E-state index in [1.54, 1.807) is 0 Å². The van der Waals surface area contributed by atoms with Crippen molar-refractivity contribution in [1.82, 2.24) is 0 Å². The third-order valence-electron chi connectivity index (χ3n) is 0.948. The predicted octanol–water partition coefficient (Wildman–Crippen LogP) is 3.11. The van der Waals surface area contributed by atoms with Crippen LogP contribution in [0, 0.1) is 5.41 Å². The Labute approximate surface area is 78.8 Å². The van der Waals surface area contributed by atoms with E-state index in [2.05, 4.69) is 31.9 Å². The van der Waals surface area contributed by atoms with Gasteiger partial charge in [-0.1, -0.05) is 52.6 Å². The SMILES string of the molecule is CC(C)(C)CC(=O)C(Br)Br. The van der Waals surface area contributed by atoms with E-state index in [0.717, 1.165) is 0 Å². The van der Waals surface area contributed by atoms with E-state index in [4.69, 9.17) is 0 Å². The number of carbonyl (C=O) groups excluding carboxylic acids is 1. The monoisotopic (exact) mass is 270 g/mol. The van der Waals surface area contributed by atoms with Crippen LogP contribution in [0.25, 0.3) is 0 Å². The summed E-state index contributed by atoms with van der Waals surface area (Å²) < 4.78 is -0.181. The van der Waals surface area contributed by atoms with Crippen LogP contribution in [0.3, 0.4) is 0 Å². The summed E-state index contributed by atoms with van der Waals surface area (Å²) >= 11 is 6.32. The summed E-state index contributed by atoms with van der Waals surface area (Å²) in [6.45, 7) is 6.15. The molecule has 1 nitrogen and oxygen atoms in total. The van der Waals surface area contributed by atoms with E-state index >= 15 is 0 Å². The highest BCUT2D eigenvalue weighted by Gasteiger charge is 2.19. The highest BCUT2D eigenvalue weighted by molar-refractivity contribution is 9.25. The largest absolute Gasteiger partial charge is 0.297 e. The molecule has 0 aromatic heterocycles. The van der Waals surface area contributed by atoms with Gasteiger partial charge >= 0.3 is 0 Å². The first-order chi connectivity index (χ1) is 4.33. The van der Waals surface area contributed by atoms with Crippen molar-refractivity contribution in [3.63, 3.8) is 0 Å². The predicted molar refractivity (Wildman–Crippen MR) is 50.7 cm³/mol. The second kappa shape index (κ2) is 3.86. The number of carbonyl (C=O) groups is 1. The lowest BCUT2D eigenvalue weighted by molar-refractivity contribution is -0.118. The maximum absolute atomic E-state index is 11.1. The molecule has 0 aliphatic heterocycles. The quantitative estimate of drug-likeness (QED) is 0.706. The maximum Gasteiger partial charge on any atom is 0.157 e. The van der Waals surface area contributed by atoms with Crippen LogP contribution >= 0.6 is 31.9 Å². The van der Waals surface area contributed by atoms with Gasteiger partial charge in [0, 0.05) is 6.42 Å². The van der Waals surface area contributed by atoms with Crippen molar-refractivity contribution in [2.75, 3.05) is 0 Å². The number of rotatable bonds is 2. The first kappa shape index (κ1) is 10.6. The molecule has 0 fully saturated rings. The smallest absolute Gasteiger partial charge is 0.157 e. The number of hydrogen-bond donors (Lipinski definition) is 0. The summed E-state index contributed by atoms with van der Waals surface area (Å²) in [5.74, 6) is 0.201. The Balaban J connectivity index is 3.81. The highest BCUT2D eigenvalue weighted by Crippen LogP contribution is 2.23. The third-order valence-corrected chi connectivity index (χ3v) is 1.97. The second-order valence-corrected chi connectivity index (χ2v) is 6.56. The Bertz CT molecular complexity index is 124. The standard InChI is InChI=1S/C7H12Br2O/c1-7(2,3)4-5(10)6(8)9/h6H,4H2,1-3H3. The number of halogens is 2. The van der Waals surface area contributed by atoms with Gasteiger partial charge in [-0.2, -0.15) is 0 Å². The zero-order valence-corrected chi connectivity index (χ0v) is 9.62. The van der Waals surface area contributed by atoms with Crippen molar-refractivity contribution in [1.29, 1.82) is 0 Å². The molecule has 0 aromatic rings. The van der Waals surface area contributed by atoms with Crippen LogP contribution in [-0.2, 0) is 4.79 Å². The fourth-order valence-electron chi connectivity index (χ4n) is 0.600. The molecule has 0 amide bonds. The van der Waals surface area contributed by atoms with Gasteiger partial charge in [0.2, 0.25) is 0 Å². The van der Waals surface area contributed by atoms with Crippen LogP contribution in [0.4, 0.5) is 0 Å². The molecular weight excluding hydrogens is 260 g/mol. The summed E-state index contributed by atoms with van der Waals surface area (Å²) in [5.41, 5.74) is 0.0941. The molecule has 0 bridgehead atoms. The second-order valence-electron chi connectivity index (χ2n) is 3.50. The van der Waals surface area contributed by atoms with Crippen LogP contribution in [0.15, 0.2) is 0 Å². The zero-order chi connectivity index (χ0) is 8.36. The summed E-state index contributed by atoms with van der Waals surface area (Å²) in [4.78, 5) is 11.1. The Morgan fingerprint density at radius 2 is 1.80 bits per heavy atom. The van der Waals surface area contributed by atoms with Crippen LogP contribution in [0.2, 0.25) is 0 Å². The molecule has 0 saturated carbocycles. The Morgan fingerprint density at radius 3 is 1.90 bits per heavy atom. The normalized spacial score (nSPS) is 12.2. The van der Waals surface area contributed by atoms with E-state index in [1.807, 2.05) is 20.8 Å². The molecule has 0 N–H and O–H groups in total. The fraction of sp³-hybridized carbons (Fsp3) is 0.857. The molecule has 0 spiro atoms. The lowest BCUT2D eigenvalue weighted by atomic mass is 9.90. The third kappa shape index (κ3) is 5.42. The van der Waals surface area contributed by atoms with Gasteiger partial charge in [-0.25, -0.2) is 0 Å². The lowest BCUT2D eigenvalue weighted by Crippen LogP contribution is -2.16. The van der Waals surface area contributed by atoms with Gasteiger partial charge in [-0.15, -0.1) is 0 Å². The van der Waals surface area contributed by atoms with Crippen molar-refractivity contribution in [2.45, 2.75) is 30.9 Å². The molecule has 0 rings (SSSR count). The Morgan fingerprint density at radius 1 is 1.40 bits per heavy atom. The molecular formula is C7H12Br2O. The first-order valence-corrected chi connectivity index (χ1v) is 4.97. The van der Waals surface area contributed by atoms with Crippen molar-refractivity contribution in [2.24, 2.45) is 5.41 Å². The zero-order valence-electron chi connectivity index (χ0n) is 6.45. The number of alkyl halides is 2. The van der Waals surface area contributed by atoms with E-state index in [0.29, 0.717) is 6.42 Å². The summed E-state index contributed by atoms with van der Waals surface area (Å²) in [6.07, 6.45) is 0.605. The van der Waals surface area contributed by atoms with Crippen LogP contribution in [-0.4, -0.2) is 9.52 Å². The van der Waals surface area contributed by atoms with Gasteiger partial charge in [-0.3, -0.25) is 4.79 Å². The van der Waals surface area contributed by atoms with Gasteiger partial charge in [0.15, 0.2) is 5.78 Å². The Kier molecular flexibility index (Phi) is 4.10. The van der Waals surface area contributed by atoms with Crippen molar-refractivity contribution in [3.05, 3.63) is 0 Å². The number of ketones is 1. The summed E-state index contributed by atoms with van der Waals surface area (Å²) in [6, 6.07) is 0. The molecule has 0 aromatic carbocycles. The van der Waals surface area contributed by atoms with Gasteiger partial charge in [0.1, 0.15) is 3.74 Å². The van der Waals surface area contributed by atoms with Gasteiger partial charge < -0.3 is 0 Å². The van der Waals surface area contributed by atoms with Crippen molar-refractivity contribution >= 4 is 37.6 Å². The average molecular weight is 272 g/mol. The minimum atomic E-state index is -0.181. The summed E-state index contributed by atoms with van der Waals surface area (Å²) in [5, 5.41) is 0. The molecule has 0 radical (unpaired) electrons. The first-order valence-electron chi connectivity index (χ1n) is 3.14. The minimum Gasteiger partial charge on any atom is -0.297 e. The van der Waals surface area contributed by atoms with Gasteiger partial charge in [0.05, 0.1) is 0 Å². The van der Waals surface area contributed by atoms with E-state index in [1.165, 1.54) is 0 Å². The fourth-order valence-corrected chi connectivity index (χ4v) is 0.924. The molecule has 60 valence electrons. The van der Waals surface area contributed by atoms with Crippen LogP contribution in [0.1, 0.15) is 27.2 Å². The topological polar surface area (TPSA) is 17.1 Å². The van der Waals surface area contributed by atoms with Crippen LogP contribution in [0.5, 0.6) is 0 Å². The molecule has 0 atom stereocenters.